The van der Waals surface area contributed by atoms with Gasteiger partial charge in [-0.05, 0) is 17.7 Å². The van der Waals surface area contributed by atoms with E-state index in [1.807, 2.05) is 18.2 Å². The molecule has 0 aliphatic carbocycles. The first-order chi connectivity index (χ1) is 11.1. The highest BCUT2D eigenvalue weighted by Gasteiger charge is 2.37. The van der Waals surface area contributed by atoms with Crippen LogP contribution in [0, 0.1) is 0 Å². The van der Waals surface area contributed by atoms with E-state index in [4.69, 9.17) is 4.74 Å². The van der Waals surface area contributed by atoms with Gasteiger partial charge in [0.2, 0.25) is 0 Å². The van der Waals surface area contributed by atoms with Crippen molar-refractivity contribution >= 4 is 17.8 Å². The molecule has 0 spiro atoms. The number of rotatable bonds is 4. The molecule has 23 heavy (non-hydrogen) atoms. The Balaban J connectivity index is 1.88. The molecule has 0 N–H and O–H groups in total. The van der Waals surface area contributed by atoms with Crippen LogP contribution in [0.25, 0.3) is 0 Å². The second kappa shape index (κ2) is 6.04. The summed E-state index contributed by atoms with van der Waals surface area (Å²) in [6.45, 7) is 1.30. The van der Waals surface area contributed by atoms with Gasteiger partial charge in [0.1, 0.15) is 6.10 Å². The van der Waals surface area contributed by atoms with Crippen LogP contribution in [0.4, 0.5) is 0 Å². The number of hydrogen-bond donors (Lipinski definition) is 0. The standard InChI is InChI=1S/C18H15NO4/c1-12(20)23-16(13-7-3-2-4-8-13)11-19-17(21)14-9-5-6-10-15(14)18(19)22/h2-10,16H,11H2,1H3/t16-/m1/s1. The van der Waals surface area contributed by atoms with Gasteiger partial charge in [0.25, 0.3) is 11.8 Å². The van der Waals surface area contributed by atoms with Gasteiger partial charge in [0.05, 0.1) is 17.7 Å². The number of amides is 2. The van der Waals surface area contributed by atoms with Crippen LogP contribution in [0.5, 0.6) is 0 Å². The highest BCUT2D eigenvalue weighted by atomic mass is 16.5. The summed E-state index contributed by atoms with van der Waals surface area (Å²) < 4.78 is 5.31. The van der Waals surface area contributed by atoms with Crippen LogP contribution in [-0.2, 0) is 9.53 Å². The zero-order chi connectivity index (χ0) is 16.4. The number of carbonyl (C=O) groups is 3. The van der Waals surface area contributed by atoms with Crippen LogP contribution in [-0.4, -0.2) is 29.2 Å². The van der Waals surface area contributed by atoms with E-state index >= 15 is 0 Å². The first-order valence-electron chi connectivity index (χ1n) is 7.25. The van der Waals surface area contributed by atoms with Gasteiger partial charge in [-0.25, -0.2) is 0 Å². The van der Waals surface area contributed by atoms with Crippen molar-refractivity contribution in [3.63, 3.8) is 0 Å². The summed E-state index contributed by atoms with van der Waals surface area (Å²) in [7, 11) is 0. The summed E-state index contributed by atoms with van der Waals surface area (Å²) in [5, 5.41) is 0. The van der Waals surface area contributed by atoms with Crippen molar-refractivity contribution in [2.24, 2.45) is 0 Å². The van der Waals surface area contributed by atoms with Gasteiger partial charge in [-0.1, -0.05) is 42.5 Å². The Morgan fingerprint density at radius 3 is 2.00 bits per heavy atom. The monoisotopic (exact) mass is 309 g/mol. The van der Waals surface area contributed by atoms with Crippen molar-refractivity contribution in [2.75, 3.05) is 6.54 Å². The first kappa shape index (κ1) is 15.0. The molecule has 2 aromatic carbocycles. The smallest absolute Gasteiger partial charge is 0.303 e. The maximum Gasteiger partial charge on any atom is 0.303 e. The quantitative estimate of drug-likeness (QED) is 0.643. The number of imide groups is 1. The fraction of sp³-hybridized carbons (Fsp3) is 0.167. The van der Waals surface area contributed by atoms with Crippen molar-refractivity contribution in [1.29, 1.82) is 0 Å². The Labute approximate surface area is 133 Å². The number of esters is 1. The van der Waals surface area contributed by atoms with Gasteiger partial charge in [0.15, 0.2) is 0 Å². The van der Waals surface area contributed by atoms with E-state index in [0.717, 1.165) is 10.5 Å². The van der Waals surface area contributed by atoms with Gasteiger partial charge in [-0.2, -0.15) is 0 Å². The molecule has 1 heterocycles. The number of benzene rings is 2. The molecule has 1 aliphatic rings. The Morgan fingerprint density at radius 1 is 0.957 bits per heavy atom. The normalized spacial score (nSPS) is 14.6. The largest absolute Gasteiger partial charge is 0.456 e. The molecule has 0 saturated carbocycles. The predicted octanol–water partition coefficient (Wildman–Crippen LogP) is 2.59. The van der Waals surface area contributed by atoms with E-state index in [0.29, 0.717) is 11.1 Å². The van der Waals surface area contributed by atoms with Crippen LogP contribution in [0.1, 0.15) is 39.3 Å². The Kier molecular flexibility index (Phi) is 3.93. The summed E-state index contributed by atoms with van der Waals surface area (Å²) in [5.74, 6) is -1.19. The summed E-state index contributed by atoms with van der Waals surface area (Å²) >= 11 is 0. The minimum Gasteiger partial charge on any atom is -0.456 e. The minimum absolute atomic E-state index is 0.00403. The van der Waals surface area contributed by atoms with Crippen molar-refractivity contribution < 1.29 is 19.1 Å². The molecule has 0 radical (unpaired) electrons. The molecule has 0 bridgehead atoms. The van der Waals surface area contributed by atoms with E-state index in [-0.39, 0.29) is 18.4 Å². The molecular formula is C18H15NO4. The third-order valence-electron chi connectivity index (χ3n) is 3.71. The van der Waals surface area contributed by atoms with Crippen LogP contribution in [0.3, 0.4) is 0 Å². The summed E-state index contributed by atoms with van der Waals surface area (Å²) in [6.07, 6.45) is -0.684. The van der Waals surface area contributed by atoms with Gasteiger partial charge in [-0.15, -0.1) is 0 Å². The van der Waals surface area contributed by atoms with Crippen LogP contribution in [0.2, 0.25) is 0 Å². The second-order valence-electron chi connectivity index (χ2n) is 5.28. The molecule has 1 aliphatic heterocycles. The van der Waals surface area contributed by atoms with Crippen molar-refractivity contribution in [1.82, 2.24) is 4.90 Å². The molecule has 2 aromatic rings. The highest BCUT2D eigenvalue weighted by Crippen LogP contribution is 2.26. The molecule has 0 saturated heterocycles. The predicted molar refractivity (Wildman–Crippen MR) is 82.8 cm³/mol. The number of hydrogen-bond acceptors (Lipinski definition) is 4. The average molecular weight is 309 g/mol. The molecule has 0 aromatic heterocycles. The Bertz CT molecular complexity index is 735. The molecule has 0 unspecified atom stereocenters. The zero-order valence-electron chi connectivity index (χ0n) is 12.6. The molecule has 0 fully saturated rings. The lowest BCUT2D eigenvalue weighted by atomic mass is 10.1. The van der Waals surface area contributed by atoms with Gasteiger partial charge >= 0.3 is 5.97 Å². The maximum atomic E-state index is 12.4. The summed E-state index contributed by atoms with van der Waals surface area (Å²) in [4.78, 5) is 37.4. The molecule has 5 nitrogen and oxygen atoms in total. The lowest BCUT2D eigenvalue weighted by Gasteiger charge is -2.22. The van der Waals surface area contributed by atoms with Crippen LogP contribution in [0.15, 0.2) is 54.6 Å². The van der Waals surface area contributed by atoms with E-state index in [9.17, 15) is 14.4 Å². The number of nitrogens with zero attached hydrogens (tertiary/aromatic N) is 1. The van der Waals surface area contributed by atoms with E-state index in [2.05, 4.69) is 0 Å². The maximum absolute atomic E-state index is 12.4. The number of ether oxygens (including phenoxy) is 1. The fourth-order valence-corrected chi connectivity index (χ4v) is 2.65. The van der Waals surface area contributed by atoms with Crippen molar-refractivity contribution in [3.8, 4) is 0 Å². The van der Waals surface area contributed by atoms with Crippen molar-refractivity contribution in [2.45, 2.75) is 13.0 Å². The first-order valence-corrected chi connectivity index (χ1v) is 7.25. The summed E-state index contributed by atoms with van der Waals surface area (Å²) in [5.41, 5.74) is 1.50. The third kappa shape index (κ3) is 2.85. The SMILES string of the molecule is CC(=O)O[C@H](CN1C(=O)c2ccccc2C1=O)c1ccccc1. The van der Waals surface area contributed by atoms with Crippen LogP contribution < -0.4 is 0 Å². The van der Waals surface area contributed by atoms with Crippen molar-refractivity contribution in [3.05, 3.63) is 71.3 Å². The minimum atomic E-state index is -0.684. The van der Waals surface area contributed by atoms with Gasteiger partial charge in [-0.3, -0.25) is 19.3 Å². The molecule has 1 atom stereocenters. The molecule has 2 amide bonds. The topological polar surface area (TPSA) is 63.7 Å². The molecular weight excluding hydrogens is 294 g/mol. The second-order valence-corrected chi connectivity index (χ2v) is 5.28. The number of carbonyl (C=O) groups excluding carboxylic acids is 3. The van der Waals surface area contributed by atoms with E-state index in [1.54, 1.807) is 36.4 Å². The zero-order valence-corrected chi connectivity index (χ0v) is 12.6. The van der Waals surface area contributed by atoms with E-state index < -0.39 is 12.1 Å². The molecule has 3 rings (SSSR count). The molecule has 116 valence electrons. The lowest BCUT2D eigenvalue weighted by molar-refractivity contribution is -0.147. The Hall–Kier alpha value is -2.95. The molecule has 5 heteroatoms. The van der Waals surface area contributed by atoms with Crippen LogP contribution >= 0.6 is 0 Å². The third-order valence-corrected chi connectivity index (χ3v) is 3.71. The van der Waals surface area contributed by atoms with Gasteiger partial charge < -0.3 is 4.74 Å². The fourth-order valence-electron chi connectivity index (χ4n) is 2.65. The summed E-state index contributed by atoms with van der Waals surface area (Å²) in [6, 6.07) is 15.7. The highest BCUT2D eigenvalue weighted by molar-refractivity contribution is 6.21. The lowest BCUT2D eigenvalue weighted by Crippen LogP contribution is -2.35. The average Bonchev–Trinajstić information content (AvgIpc) is 2.80. The van der Waals surface area contributed by atoms with E-state index in [1.165, 1.54) is 6.92 Å². The van der Waals surface area contributed by atoms with Gasteiger partial charge in [0, 0.05) is 6.92 Å². The number of fused-ring (bicyclic) bond motifs is 1. The Morgan fingerprint density at radius 2 is 1.48 bits per heavy atom.